The van der Waals surface area contributed by atoms with Gasteiger partial charge in [0, 0.05) is 48.0 Å². The molecule has 0 N–H and O–H groups in total. The molecule has 2 aromatic heterocycles. The minimum absolute atomic E-state index is 1.11. The summed E-state index contributed by atoms with van der Waals surface area (Å²) in [6, 6.07) is 71.0. The first-order chi connectivity index (χ1) is 26.3. The van der Waals surface area contributed by atoms with E-state index in [1.165, 1.54) is 74.6 Å². The van der Waals surface area contributed by atoms with Crippen LogP contribution in [0.4, 0.5) is 17.1 Å². The van der Waals surface area contributed by atoms with Gasteiger partial charge >= 0.3 is 0 Å². The van der Waals surface area contributed by atoms with E-state index >= 15 is 0 Å². The molecule has 0 aliphatic rings. The number of nitrogens with zero attached hydrogens (tertiary/aromatic N) is 2. The molecule has 0 unspecified atom stereocenters. The summed E-state index contributed by atoms with van der Waals surface area (Å²) in [6.45, 7) is 0. The molecule has 2 heterocycles. The van der Waals surface area contributed by atoms with Crippen LogP contribution < -0.4 is 4.90 Å². The van der Waals surface area contributed by atoms with E-state index in [2.05, 4.69) is 204 Å². The summed E-state index contributed by atoms with van der Waals surface area (Å²) in [5.74, 6) is 0. The Morgan fingerprint density at radius 2 is 1.09 bits per heavy atom. The SMILES string of the molecule is c1ccc(-n2c3ccccc3c3c(N(c4cccc(-c5cccc6ccccc56)c4)c4ccc5sc6c7ccccc7ccc6c5c4)cccc32)cc1. The molecule has 0 aliphatic carbocycles. The van der Waals surface area contributed by atoms with Crippen LogP contribution in [0.3, 0.4) is 0 Å². The topological polar surface area (TPSA) is 8.17 Å². The third-order valence-corrected chi connectivity index (χ3v) is 12.0. The summed E-state index contributed by atoms with van der Waals surface area (Å²) in [4.78, 5) is 2.47. The molecule has 0 saturated heterocycles. The Hall–Kier alpha value is -6.68. The van der Waals surface area contributed by atoms with Gasteiger partial charge in [0.05, 0.1) is 16.7 Å². The molecule has 0 saturated carbocycles. The van der Waals surface area contributed by atoms with Gasteiger partial charge in [0.15, 0.2) is 0 Å². The van der Waals surface area contributed by atoms with Crippen molar-refractivity contribution in [1.82, 2.24) is 4.57 Å². The number of fused-ring (bicyclic) bond motifs is 9. The van der Waals surface area contributed by atoms with Crippen molar-refractivity contribution in [1.29, 1.82) is 0 Å². The van der Waals surface area contributed by atoms with Crippen molar-refractivity contribution in [3.05, 3.63) is 194 Å². The highest BCUT2D eigenvalue weighted by Gasteiger charge is 2.22. The van der Waals surface area contributed by atoms with Gasteiger partial charge in [-0.15, -0.1) is 11.3 Å². The Morgan fingerprint density at radius 1 is 0.415 bits per heavy atom. The number of hydrogen-bond acceptors (Lipinski definition) is 2. The Balaban J connectivity index is 1.20. The third kappa shape index (κ3) is 4.71. The van der Waals surface area contributed by atoms with Crippen molar-refractivity contribution in [2.45, 2.75) is 0 Å². The summed E-state index contributed by atoms with van der Waals surface area (Å²) in [7, 11) is 0. The number of hydrogen-bond donors (Lipinski definition) is 0. The lowest BCUT2D eigenvalue weighted by atomic mass is 9.97. The lowest BCUT2D eigenvalue weighted by Gasteiger charge is -2.27. The Labute approximate surface area is 311 Å². The molecule has 248 valence electrons. The summed E-state index contributed by atoms with van der Waals surface area (Å²) in [5.41, 5.74) is 9.34. The lowest BCUT2D eigenvalue weighted by molar-refractivity contribution is 1.18. The summed E-state index contributed by atoms with van der Waals surface area (Å²) in [6.07, 6.45) is 0. The van der Waals surface area contributed by atoms with Gasteiger partial charge in [-0.3, -0.25) is 0 Å². The second-order valence-corrected chi connectivity index (χ2v) is 14.8. The van der Waals surface area contributed by atoms with Crippen LogP contribution in [0.2, 0.25) is 0 Å². The van der Waals surface area contributed by atoms with Gasteiger partial charge in [-0.2, -0.15) is 0 Å². The van der Waals surface area contributed by atoms with E-state index in [1.54, 1.807) is 0 Å². The summed E-state index contributed by atoms with van der Waals surface area (Å²) >= 11 is 1.89. The number of anilines is 3. The second-order valence-electron chi connectivity index (χ2n) is 13.7. The van der Waals surface area contributed by atoms with Gasteiger partial charge < -0.3 is 9.47 Å². The minimum atomic E-state index is 1.11. The van der Waals surface area contributed by atoms with E-state index in [4.69, 9.17) is 0 Å². The van der Waals surface area contributed by atoms with Crippen molar-refractivity contribution in [3.63, 3.8) is 0 Å². The maximum atomic E-state index is 2.47. The average Bonchev–Trinajstić information content (AvgIpc) is 3.77. The first-order valence-corrected chi connectivity index (χ1v) is 18.9. The normalized spacial score (nSPS) is 11.8. The quantitative estimate of drug-likeness (QED) is 0.174. The molecular weight excluding hydrogens is 661 g/mol. The molecule has 0 aliphatic heterocycles. The molecule has 11 aromatic rings. The van der Waals surface area contributed by atoms with Crippen LogP contribution in [0.5, 0.6) is 0 Å². The number of rotatable bonds is 5. The fraction of sp³-hybridized carbons (Fsp3) is 0. The van der Waals surface area contributed by atoms with E-state index in [1.807, 2.05) is 11.3 Å². The van der Waals surface area contributed by atoms with E-state index in [0.717, 1.165) is 22.7 Å². The summed E-state index contributed by atoms with van der Waals surface area (Å²) < 4.78 is 5.04. The predicted octanol–water partition coefficient (Wildman–Crippen LogP) is 14.6. The van der Waals surface area contributed by atoms with Crippen LogP contribution >= 0.6 is 11.3 Å². The van der Waals surface area contributed by atoms with Crippen LogP contribution in [0.25, 0.3) is 80.3 Å². The van der Waals surface area contributed by atoms with Crippen molar-refractivity contribution in [2.24, 2.45) is 0 Å². The van der Waals surface area contributed by atoms with Crippen LogP contribution in [0.15, 0.2) is 194 Å². The first-order valence-electron chi connectivity index (χ1n) is 18.1. The lowest BCUT2D eigenvalue weighted by Crippen LogP contribution is -2.10. The predicted molar refractivity (Wildman–Crippen MR) is 229 cm³/mol. The first kappa shape index (κ1) is 30.0. The zero-order valence-corrected chi connectivity index (χ0v) is 29.6. The highest BCUT2D eigenvalue weighted by atomic mass is 32.1. The number of aromatic nitrogens is 1. The molecular formula is C50H32N2S. The van der Waals surface area contributed by atoms with E-state index < -0.39 is 0 Å². The van der Waals surface area contributed by atoms with Crippen LogP contribution in [-0.4, -0.2) is 4.57 Å². The standard InChI is InChI=1S/C50H32N2S/c1-2-17-36(18-3-1)52-45-24-9-8-22-43(45)49-46(25-12-26-47(49)52)51(37-19-10-16-35(31-37)40-23-11-15-33-13-4-6-20-39(33)40)38-28-30-48-44(32-38)42-29-27-34-14-5-7-21-41(34)50(42)53-48/h1-32H. The Bertz CT molecular complexity index is 3180. The molecule has 53 heavy (non-hydrogen) atoms. The molecule has 0 atom stereocenters. The van der Waals surface area contributed by atoms with Gasteiger partial charge in [0.25, 0.3) is 0 Å². The number of thiophene rings is 1. The molecule has 3 heteroatoms. The van der Waals surface area contributed by atoms with Gasteiger partial charge in [0.1, 0.15) is 0 Å². The van der Waals surface area contributed by atoms with Crippen molar-refractivity contribution in [2.75, 3.05) is 4.90 Å². The Kier molecular flexibility index (Phi) is 6.76. The summed E-state index contributed by atoms with van der Waals surface area (Å²) in [5, 5.41) is 10.1. The molecule has 0 radical (unpaired) electrons. The van der Waals surface area contributed by atoms with Gasteiger partial charge in [-0.05, 0) is 93.3 Å². The van der Waals surface area contributed by atoms with Crippen molar-refractivity contribution >= 4 is 91.9 Å². The van der Waals surface area contributed by atoms with Crippen LogP contribution in [0.1, 0.15) is 0 Å². The molecule has 11 rings (SSSR count). The highest BCUT2D eigenvalue weighted by Crippen LogP contribution is 2.47. The maximum absolute atomic E-state index is 2.47. The maximum Gasteiger partial charge on any atom is 0.0562 e. The van der Waals surface area contributed by atoms with Gasteiger partial charge in [-0.1, -0.05) is 133 Å². The monoisotopic (exact) mass is 692 g/mol. The van der Waals surface area contributed by atoms with Crippen molar-refractivity contribution in [3.8, 4) is 16.8 Å². The highest BCUT2D eigenvalue weighted by molar-refractivity contribution is 7.26. The zero-order chi connectivity index (χ0) is 34.9. The number of benzene rings is 9. The Morgan fingerprint density at radius 3 is 1.98 bits per heavy atom. The molecule has 9 aromatic carbocycles. The van der Waals surface area contributed by atoms with E-state index in [0.29, 0.717) is 0 Å². The fourth-order valence-corrected chi connectivity index (χ4v) is 9.61. The zero-order valence-electron chi connectivity index (χ0n) is 28.8. The molecule has 0 bridgehead atoms. The largest absolute Gasteiger partial charge is 0.310 e. The van der Waals surface area contributed by atoms with E-state index in [9.17, 15) is 0 Å². The van der Waals surface area contributed by atoms with Crippen LogP contribution in [0, 0.1) is 0 Å². The molecule has 0 fully saturated rings. The van der Waals surface area contributed by atoms with Crippen molar-refractivity contribution < 1.29 is 0 Å². The minimum Gasteiger partial charge on any atom is -0.310 e. The van der Waals surface area contributed by atoms with Crippen LogP contribution in [-0.2, 0) is 0 Å². The second kappa shape index (κ2) is 11.9. The average molecular weight is 693 g/mol. The number of para-hydroxylation sites is 2. The fourth-order valence-electron chi connectivity index (χ4n) is 8.39. The smallest absolute Gasteiger partial charge is 0.0562 e. The third-order valence-electron chi connectivity index (χ3n) is 10.7. The van der Waals surface area contributed by atoms with Gasteiger partial charge in [-0.25, -0.2) is 0 Å². The molecule has 2 nitrogen and oxygen atoms in total. The van der Waals surface area contributed by atoms with E-state index in [-0.39, 0.29) is 0 Å². The molecule has 0 amide bonds. The molecule has 0 spiro atoms. The van der Waals surface area contributed by atoms with Gasteiger partial charge in [0.2, 0.25) is 0 Å².